The van der Waals surface area contributed by atoms with E-state index in [1.165, 1.54) is 0 Å². The summed E-state index contributed by atoms with van der Waals surface area (Å²) in [6.07, 6.45) is 4.01. The van der Waals surface area contributed by atoms with Crippen molar-refractivity contribution in [1.29, 1.82) is 0 Å². The van der Waals surface area contributed by atoms with E-state index >= 15 is 0 Å². The Morgan fingerprint density at radius 3 is 2.53 bits per heavy atom. The van der Waals surface area contributed by atoms with Crippen molar-refractivity contribution in [2.45, 2.75) is 37.9 Å². The van der Waals surface area contributed by atoms with Gasteiger partial charge in [-0.15, -0.1) is 0 Å². The van der Waals surface area contributed by atoms with Crippen LogP contribution in [0.1, 0.15) is 31.2 Å². The third kappa shape index (κ3) is 2.79. The molecule has 0 saturated heterocycles. The highest BCUT2D eigenvalue weighted by Gasteiger charge is 2.32. The number of rotatable bonds is 4. The van der Waals surface area contributed by atoms with Crippen molar-refractivity contribution in [3.8, 4) is 0 Å². The van der Waals surface area contributed by atoms with Crippen LogP contribution in [0.25, 0.3) is 0 Å². The number of aliphatic hydroxyl groups excluding tert-OH is 1. The van der Waals surface area contributed by atoms with Crippen molar-refractivity contribution in [1.82, 2.24) is 0 Å². The lowest BCUT2D eigenvalue weighted by Gasteiger charge is -2.31. The summed E-state index contributed by atoms with van der Waals surface area (Å²) in [7, 11) is 1.98. The molecule has 94 valence electrons. The van der Waals surface area contributed by atoms with E-state index < -0.39 is 5.60 Å². The van der Waals surface area contributed by atoms with Crippen molar-refractivity contribution in [2.75, 3.05) is 18.5 Å². The first-order valence-electron chi connectivity index (χ1n) is 6.27. The third-order valence-electron chi connectivity index (χ3n) is 3.64. The summed E-state index contributed by atoms with van der Waals surface area (Å²) in [5, 5.41) is 19.7. The summed E-state index contributed by atoms with van der Waals surface area (Å²) in [5.74, 6) is 0. The molecule has 0 aromatic heterocycles. The zero-order valence-corrected chi connectivity index (χ0v) is 10.4. The van der Waals surface area contributed by atoms with Crippen LogP contribution in [0, 0.1) is 0 Å². The zero-order valence-electron chi connectivity index (χ0n) is 10.4. The molecule has 0 amide bonds. The maximum atomic E-state index is 10.4. The van der Waals surface area contributed by atoms with Gasteiger partial charge in [-0.1, -0.05) is 31.0 Å². The Morgan fingerprint density at radius 1 is 1.24 bits per heavy atom. The molecule has 0 atom stereocenters. The lowest BCUT2D eigenvalue weighted by atomic mass is 10.0. The predicted octanol–water partition coefficient (Wildman–Crippen LogP) is 1.92. The number of aliphatic hydroxyl groups is 2. The molecule has 1 fully saturated rings. The number of nitrogens with zero attached hydrogens (tertiary/aromatic N) is 1. The standard InChI is InChI=1S/C14H21NO2/c1-15(11-14(17)8-4-5-9-14)13-7-3-2-6-12(13)10-16/h2-3,6-7,16-17H,4-5,8-11H2,1H3. The molecule has 0 spiro atoms. The fourth-order valence-corrected chi connectivity index (χ4v) is 2.73. The van der Waals surface area contributed by atoms with Crippen LogP contribution in [-0.4, -0.2) is 29.4 Å². The smallest absolute Gasteiger partial charge is 0.0821 e. The van der Waals surface area contributed by atoms with E-state index in [1.54, 1.807) is 0 Å². The fraction of sp³-hybridized carbons (Fsp3) is 0.571. The van der Waals surface area contributed by atoms with E-state index in [9.17, 15) is 10.2 Å². The van der Waals surface area contributed by atoms with Crippen molar-refractivity contribution >= 4 is 5.69 Å². The Bertz CT molecular complexity index is 372. The number of para-hydroxylation sites is 1. The second-order valence-electron chi connectivity index (χ2n) is 5.07. The molecule has 0 radical (unpaired) electrons. The van der Waals surface area contributed by atoms with Crippen LogP contribution < -0.4 is 4.90 Å². The van der Waals surface area contributed by atoms with Gasteiger partial charge in [-0.2, -0.15) is 0 Å². The molecule has 1 aromatic rings. The summed E-state index contributed by atoms with van der Waals surface area (Å²) < 4.78 is 0. The topological polar surface area (TPSA) is 43.7 Å². The van der Waals surface area contributed by atoms with Crippen LogP contribution in [0.5, 0.6) is 0 Å². The van der Waals surface area contributed by atoms with Gasteiger partial charge in [-0.3, -0.25) is 0 Å². The Hall–Kier alpha value is -1.06. The van der Waals surface area contributed by atoms with Crippen molar-refractivity contribution in [3.63, 3.8) is 0 Å². The largest absolute Gasteiger partial charge is 0.392 e. The molecule has 3 nitrogen and oxygen atoms in total. The van der Waals surface area contributed by atoms with Gasteiger partial charge in [0.15, 0.2) is 0 Å². The summed E-state index contributed by atoms with van der Waals surface area (Å²) in [6, 6.07) is 7.80. The number of benzene rings is 1. The van der Waals surface area contributed by atoms with Gasteiger partial charge in [0.2, 0.25) is 0 Å². The van der Waals surface area contributed by atoms with Gasteiger partial charge in [0.05, 0.1) is 12.2 Å². The van der Waals surface area contributed by atoms with Gasteiger partial charge in [-0.05, 0) is 18.9 Å². The summed E-state index contributed by atoms with van der Waals surface area (Å²) >= 11 is 0. The lowest BCUT2D eigenvalue weighted by Crippen LogP contribution is -2.39. The van der Waals surface area contributed by atoms with E-state index in [2.05, 4.69) is 4.90 Å². The van der Waals surface area contributed by atoms with E-state index in [-0.39, 0.29) is 6.61 Å². The number of hydrogen-bond acceptors (Lipinski definition) is 3. The second-order valence-corrected chi connectivity index (χ2v) is 5.07. The average molecular weight is 235 g/mol. The minimum Gasteiger partial charge on any atom is -0.392 e. The van der Waals surface area contributed by atoms with Crippen LogP contribution in [-0.2, 0) is 6.61 Å². The minimum absolute atomic E-state index is 0.0406. The quantitative estimate of drug-likeness (QED) is 0.838. The van der Waals surface area contributed by atoms with Gasteiger partial charge in [0.1, 0.15) is 0 Å². The number of hydrogen-bond donors (Lipinski definition) is 2. The molecule has 1 aliphatic rings. The molecule has 17 heavy (non-hydrogen) atoms. The molecular formula is C14H21NO2. The second kappa shape index (κ2) is 5.07. The zero-order chi connectivity index (χ0) is 12.3. The SMILES string of the molecule is CN(CC1(O)CCCC1)c1ccccc1CO. The minimum atomic E-state index is -0.544. The number of likely N-dealkylation sites (N-methyl/N-ethyl adjacent to an activating group) is 1. The monoisotopic (exact) mass is 235 g/mol. The molecule has 1 saturated carbocycles. The van der Waals surface area contributed by atoms with Crippen LogP contribution in [0.2, 0.25) is 0 Å². The van der Waals surface area contributed by atoms with Gasteiger partial charge in [-0.25, -0.2) is 0 Å². The Morgan fingerprint density at radius 2 is 1.88 bits per heavy atom. The number of anilines is 1. The van der Waals surface area contributed by atoms with Crippen LogP contribution in [0.4, 0.5) is 5.69 Å². The molecule has 2 rings (SSSR count). The van der Waals surface area contributed by atoms with Crippen LogP contribution in [0.3, 0.4) is 0 Å². The van der Waals surface area contributed by atoms with E-state index in [0.29, 0.717) is 6.54 Å². The van der Waals surface area contributed by atoms with Crippen LogP contribution in [0.15, 0.2) is 24.3 Å². The van der Waals surface area contributed by atoms with Crippen molar-refractivity contribution in [3.05, 3.63) is 29.8 Å². The van der Waals surface area contributed by atoms with Gasteiger partial charge < -0.3 is 15.1 Å². The third-order valence-corrected chi connectivity index (χ3v) is 3.64. The first-order valence-corrected chi connectivity index (χ1v) is 6.27. The summed E-state index contributed by atoms with van der Waals surface area (Å²) in [6.45, 7) is 0.683. The molecular weight excluding hydrogens is 214 g/mol. The molecule has 3 heteroatoms. The van der Waals surface area contributed by atoms with Gasteiger partial charge in [0, 0.05) is 24.8 Å². The molecule has 1 aromatic carbocycles. The highest BCUT2D eigenvalue weighted by Crippen LogP contribution is 2.31. The average Bonchev–Trinajstić information content (AvgIpc) is 2.75. The van der Waals surface area contributed by atoms with E-state index in [1.807, 2.05) is 31.3 Å². The Labute approximate surface area is 103 Å². The highest BCUT2D eigenvalue weighted by molar-refractivity contribution is 5.53. The predicted molar refractivity (Wildman–Crippen MR) is 69.1 cm³/mol. The maximum Gasteiger partial charge on any atom is 0.0821 e. The van der Waals surface area contributed by atoms with E-state index in [4.69, 9.17) is 0 Å². The summed E-state index contributed by atoms with van der Waals surface area (Å²) in [5.41, 5.74) is 1.38. The molecule has 2 N–H and O–H groups in total. The molecule has 0 unspecified atom stereocenters. The van der Waals surface area contributed by atoms with E-state index in [0.717, 1.165) is 36.9 Å². The molecule has 0 heterocycles. The Kier molecular flexibility index (Phi) is 3.69. The van der Waals surface area contributed by atoms with Crippen LogP contribution >= 0.6 is 0 Å². The van der Waals surface area contributed by atoms with Crippen molar-refractivity contribution in [2.24, 2.45) is 0 Å². The van der Waals surface area contributed by atoms with Gasteiger partial charge >= 0.3 is 0 Å². The maximum absolute atomic E-state index is 10.4. The first-order chi connectivity index (χ1) is 8.14. The molecule has 0 aliphatic heterocycles. The molecule has 1 aliphatic carbocycles. The van der Waals surface area contributed by atoms with Gasteiger partial charge in [0.25, 0.3) is 0 Å². The van der Waals surface area contributed by atoms with Crippen molar-refractivity contribution < 1.29 is 10.2 Å². The Balaban J connectivity index is 2.11. The first kappa shape index (κ1) is 12.4. The lowest BCUT2D eigenvalue weighted by molar-refractivity contribution is 0.0558. The molecule has 0 bridgehead atoms. The summed E-state index contributed by atoms with van der Waals surface area (Å²) in [4.78, 5) is 2.05. The highest BCUT2D eigenvalue weighted by atomic mass is 16.3. The normalized spacial score (nSPS) is 18.3. The fourth-order valence-electron chi connectivity index (χ4n) is 2.73.